The lowest BCUT2D eigenvalue weighted by atomic mass is 10.0. The molecule has 4 heteroatoms. The topological polar surface area (TPSA) is 45.2 Å². The molecule has 4 rings (SSSR count). The number of carbonyl (C=O) groups excluding carboxylic acids is 1. The van der Waals surface area contributed by atoms with E-state index in [0.717, 1.165) is 53.7 Å². The van der Waals surface area contributed by atoms with Gasteiger partial charge in [-0.2, -0.15) is 0 Å². The van der Waals surface area contributed by atoms with Gasteiger partial charge in [0.2, 0.25) is 0 Å². The Morgan fingerprint density at radius 3 is 2.48 bits per heavy atom. The van der Waals surface area contributed by atoms with Crippen molar-refractivity contribution in [3.63, 3.8) is 0 Å². The third kappa shape index (κ3) is 3.58. The zero-order valence-electron chi connectivity index (χ0n) is 15.9. The Morgan fingerprint density at radius 1 is 1.07 bits per heavy atom. The van der Waals surface area contributed by atoms with Gasteiger partial charge in [-0.25, -0.2) is 4.98 Å². The SMILES string of the molecule is CNC1CCN(C(=O)c2cc(-c3ccc(C)cc3)nc3ccccc23)CC1. The first kappa shape index (κ1) is 17.7. The zero-order valence-corrected chi connectivity index (χ0v) is 15.9. The van der Waals surface area contributed by atoms with Gasteiger partial charge in [0.25, 0.3) is 5.91 Å². The fourth-order valence-electron chi connectivity index (χ4n) is 3.77. The standard InChI is InChI=1S/C23H25N3O/c1-16-7-9-17(10-8-16)22-15-20(19-5-3-4-6-21(19)25-22)23(27)26-13-11-18(24-2)12-14-26/h3-10,15,18,24H,11-14H2,1-2H3. The highest BCUT2D eigenvalue weighted by molar-refractivity contribution is 6.07. The minimum Gasteiger partial charge on any atom is -0.339 e. The highest BCUT2D eigenvalue weighted by atomic mass is 16.2. The fraction of sp³-hybridized carbons (Fsp3) is 0.304. The smallest absolute Gasteiger partial charge is 0.254 e. The number of hydrogen-bond acceptors (Lipinski definition) is 3. The van der Waals surface area contributed by atoms with Crippen LogP contribution in [0, 0.1) is 6.92 Å². The van der Waals surface area contributed by atoms with Crippen LogP contribution in [0.25, 0.3) is 22.2 Å². The third-order valence-corrected chi connectivity index (χ3v) is 5.48. The molecule has 0 atom stereocenters. The molecule has 3 aromatic rings. The van der Waals surface area contributed by atoms with Crippen molar-refractivity contribution in [2.45, 2.75) is 25.8 Å². The maximum Gasteiger partial charge on any atom is 0.254 e. The van der Waals surface area contributed by atoms with Crippen molar-refractivity contribution in [2.24, 2.45) is 0 Å². The summed E-state index contributed by atoms with van der Waals surface area (Å²) in [6.07, 6.45) is 1.99. The Balaban J connectivity index is 1.74. The van der Waals surface area contributed by atoms with E-state index in [-0.39, 0.29) is 5.91 Å². The number of nitrogens with zero attached hydrogens (tertiary/aromatic N) is 2. The molecule has 2 heterocycles. The molecule has 4 nitrogen and oxygen atoms in total. The van der Waals surface area contributed by atoms with E-state index in [2.05, 4.69) is 36.5 Å². The van der Waals surface area contributed by atoms with E-state index in [0.29, 0.717) is 6.04 Å². The number of aryl methyl sites for hydroxylation is 1. The number of fused-ring (bicyclic) bond motifs is 1. The van der Waals surface area contributed by atoms with Crippen LogP contribution in [-0.2, 0) is 0 Å². The van der Waals surface area contributed by atoms with E-state index in [1.807, 2.05) is 42.3 Å². The number of nitrogens with one attached hydrogen (secondary N) is 1. The lowest BCUT2D eigenvalue weighted by Gasteiger charge is -2.32. The number of amides is 1. The average molecular weight is 359 g/mol. The lowest BCUT2D eigenvalue weighted by molar-refractivity contribution is 0.0709. The van der Waals surface area contributed by atoms with Crippen molar-refractivity contribution in [3.05, 3.63) is 65.7 Å². The first-order valence-corrected chi connectivity index (χ1v) is 9.59. The van der Waals surface area contributed by atoms with Gasteiger partial charge in [-0.15, -0.1) is 0 Å². The van der Waals surface area contributed by atoms with Crippen molar-refractivity contribution >= 4 is 16.8 Å². The summed E-state index contributed by atoms with van der Waals surface area (Å²) in [5.41, 5.74) is 4.71. The number of pyridine rings is 1. The van der Waals surface area contributed by atoms with Crippen LogP contribution in [0.4, 0.5) is 0 Å². The molecule has 1 aliphatic heterocycles. The van der Waals surface area contributed by atoms with Crippen LogP contribution < -0.4 is 5.32 Å². The Kier molecular flexibility index (Phi) is 4.90. The van der Waals surface area contributed by atoms with Gasteiger partial charge in [-0.05, 0) is 38.9 Å². The maximum absolute atomic E-state index is 13.3. The van der Waals surface area contributed by atoms with E-state index < -0.39 is 0 Å². The van der Waals surface area contributed by atoms with Gasteiger partial charge >= 0.3 is 0 Å². The normalized spacial score (nSPS) is 15.3. The third-order valence-electron chi connectivity index (χ3n) is 5.48. The Hall–Kier alpha value is -2.72. The van der Waals surface area contributed by atoms with Gasteiger partial charge in [0.1, 0.15) is 0 Å². The summed E-state index contributed by atoms with van der Waals surface area (Å²) in [4.78, 5) is 20.1. The number of likely N-dealkylation sites (tertiary alicyclic amines) is 1. The van der Waals surface area contributed by atoms with Gasteiger partial charge in [0.05, 0.1) is 16.8 Å². The summed E-state index contributed by atoms with van der Waals surface area (Å²) < 4.78 is 0. The Labute approximate surface area is 160 Å². The van der Waals surface area contributed by atoms with Gasteiger partial charge in [0, 0.05) is 30.1 Å². The van der Waals surface area contributed by atoms with E-state index in [4.69, 9.17) is 4.98 Å². The van der Waals surface area contributed by atoms with Crippen LogP contribution in [0.3, 0.4) is 0 Å². The van der Waals surface area contributed by atoms with E-state index in [1.54, 1.807) is 0 Å². The van der Waals surface area contributed by atoms with Gasteiger partial charge in [-0.3, -0.25) is 4.79 Å². The molecule has 1 amide bonds. The van der Waals surface area contributed by atoms with Crippen LogP contribution >= 0.6 is 0 Å². The van der Waals surface area contributed by atoms with Crippen LogP contribution in [0.5, 0.6) is 0 Å². The first-order valence-electron chi connectivity index (χ1n) is 9.59. The average Bonchev–Trinajstić information content (AvgIpc) is 2.73. The monoisotopic (exact) mass is 359 g/mol. The second kappa shape index (κ2) is 7.49. The predicted molar refractivity (Wildman–Crippen MR) is 110 cm³/mol. The van der Waals surface area contributed by atoms with Crippen molar-refractivity contribution in [1.29, 1.82) is 0 Å². The van der Waals surface area contributed by atoms with Crippen molar-refractivity contribution < 1.29 is 4.79 Å². The Morgan fingerprint density at radius 2 is 1.78 bits per heavy atom. The Bertz CT molecular complexity index is 957. The first-order chi connectivity index (χ1) is 13.2. The van der Waals surface area contributed by atoms with Crippen LogP contribution in [0.1, 0.15) is 28.8 Å². The number of carbonyl (C=O) groups is 1. The molecule has 2 aromatic carbocycles. The second-order valence-corrected chi connectivity index (χ2v) is 7.29. The summed E-state index contributed by atoms with van der Waals surface area (Å²) in [5, 5.41) is 4.25. The number of para-hydroxylation sites is 1. The molecule has 0 radical (unpaired) electrons. The second-order valence-electron chi connectivity index (χ2n) is 7.29. The molecule has 27 heavy (non-hydrogen) atoms. The number of aromatic nitrogens is 1. The summed E-state index contributed by atoms with van der Waals surface area (Å²) in [6, 6.07) is 18.7. The van der Waals surface area contributed by atoms with Gasteiger partial charge < -0.3 is 10.2 Å². The molecule has 0 spiro atoms. The van der Waals surface area contributed by atoms with Crippen molar-refractivity contribution in [3.8, 4) is 11.3 Å². The minimum atomic E-state index is 0.108. The van der Waals surface area contributed by atoms with Crippen molar-refractivity contribution in [1.82, 2.24) is 15.2 Å². The van der Waals surface area contributed by atoms with Gasteiger partial charge in [0.15, 0.2) is 0 Å². The lowest BCUT2D eigenvalue weighted by Crippen LogP contribution is -2.44. The zero-order chi connectivity index (χ0) is 18.8. The number of hydrogen-bond donors (Lipinski definition) is 1. The molecule has 1 fully saturated rings. The van der Waals surface area contributed by atoms with E-state index >= 15 is 0 Å². The molecule has 1 saturated heterocycles. The molecule has 138 valence electrons. The summed E-state index contributed by atoms with van der Waals surface area (Å²) in [7, 11) is 1.99. The number of rotatable bonds is 3. The molecule has 0 saturated carbocycles. The fourth-order valence-corrected chi connectivity index (χ4v) is 3.77. The predicted octanol–water partition coefficient (Wildman–Crippen LogP) is 4.03. The molecule has 0 aliphatic carbocycles. The molecular formula is C23H25N3O. The van der Waals surface area contributed by atoms with Crippen LogP contribution in [0.15, 0.2) is 54.6 Å². The molecule has 0 unspecified atom stereocenters. The molecule has 0 bridgehead atoms. The van der Waals surface area contributed by atoms with Crippen LogP contribution in [-0.4, -0.2) is 42.0 Å². The van der Waals surface area contributed by atoms with Crippen LogP contribution in [0.2, 0.25) is 0 Å². The summed E-state index contributed by atoms with van der Waals surface area (Å²) in [5.74, 6) is 0.108. The van der Waals surface area contributed by atoms with E-state index in [9.17, 15) is 4.79 Å². The minimum absolute atomic E-state index is 0.108. The van der Waals surface area contributed by atoms with Gasteiger partial charge in [-0.1, -0.05) is 48.0 Å². The van der Waals surface area contributed by atoms with Crippen molar-refractivity contribution in [2.75, 3.05) is 20.1 Å². The largest absolute Gasteiger partial charge is 0.339 e. The molecule has 1 aliphatic rings. The molecule has 1 N–H and O–H groups in total. The maximum atomic E-state index is 13.3. The number of benzene rings is 2. The number of piperidine rings is 1. The highest BCUT2D eigenvalue weighted by Crippen LogP contribution is 2.27. The molecular weight excluding hydrogens is 334 g/mol. The quantitative estimate of drug-likeness (QED) is 0.768. The highest BCUT2D eigenvalue weighted by Gasteiger charge is 2.24. The summed E-state index contributed by atoms with van der Waals surface area (Å²) >= 11 is 0. The molecule has 1 aromatic heterocycles. The summed E-state index contributed by atoms with van der Waals surface area (Å²) in [6.45, 7) is 3.66. The van der Waals surface area contributed by atoms with E-state index in [1.165, 1.54) is 5.56 Å².